The number of aliphatic imine (C=N–C) groups is 2. The summed E-state index contributed by atoms with van der Waals surface area (Å²) in [6.45, 7) is 4.04. The highest BCUT2D eigenvalue weighted by Crippen LogP contribution is 2.19. The smallest absolute Gasteiger partial charge is 0.173 e. The molecule has 0 atom stereocenters. The van der Waals surface area contributed by atoms with E-state index in [1.165, 1.54) is 19.3 Å². The monoisotopic (exact) mass is 254 g/mol. The van der Waals surface area contributed by atoms with Gasteiger partial charge in [-0.3, -0.25) is 0 Å². The number of allylic oxidation sites excluding steroid dienone is 4. The summed E-state index contributed by atoms with van der Waals surface area (Å²) in [4.78, 5) is 7.64. The fraction of sp³-hybridized carbons (Fsp3) is 0.467. The lowest BCUT2D eigenvalue weighted by Crippen LogP contribution is -2.12. The average Bonchev–Trinajstić information content (AvgIpc) is 2.39. The minimum absolute atomic E-state index is 0.671. The van der Waals surface area contributed by atoms with Gasteiger partial charge in [0.15, 0.2) is 0 Å². The Morgan fingerprint density at radius 2 is 1.68 bits per heavy atom. The van der Waals surface area contributed by atoms with Crippen LogP contribution in [0.2, 0.25) is 0 Å². The van der Waals surface area contributed by atoms with Crippen LogP contribution >= 0.6 is 0 Å². The number of rotatable bonds is 5. The second kappa shape index (κ2) is 8.00. The predicted octanol–water partition coefficient (Wildman–Crippen LogP) is 3.69. The summed E-state index contributed by atoms with van der Waals surface area (Å²) >= 11 is 0. The molecule has 0 heterocycles. The molecule has 0 unspecified atom stereocenters. The molecule has 0 saturated carbocycles. The molecule has 1 aliphatic rings. The highest BCUT2D eigenvalue weighted by Gasteiger charge is 2.14. The van der Waals surface area contributed by atoms with E-state index < -0.39 is 0 Å². The summed E-state index contributed by atoms with van der Waals surface area (Å²) in [6, 6.07) is 0. The van der Waals surface area contributed by atoms with E-state index in [2.05, 4.69) is 16.9 Å². The molecule has 0 aromatic rings. The normalized spacial score (nSPS) is 18.7. The van der Waals surface area contributed by atoms with Gasteiger partial charge in [0.2, 0.25) is 12.4 Å². The standard InChI is InChI=1S/C15H18N4/c1-3-4-5-6-7-13-9-14(18-10-16)12(2)8-15(13)19-11-17/h8-9H,3-7H2,1-2H3. The van der Waals surface area contributed by atoms with Gasteiger partial charge < -0.3 is 0 Å². The first kappa shape index (κ1) is 14.9. The molecule has 0 fully saturated rings. The second-order valence-corrected chi connectivity index (χ2v) is 4.50. The SMILES string of the molecule is CCCCCCC1=CC(=NC#N)C(C)=CC1=NC#N. The van der Waals surface area contributed by atoms with Gasteiger partial charge in [0, 0.05) is 0 Å². The Bertz CT molecular complexity index is 521. The Hall–Kier alpha value is -2.20. The van der Waals surface area contributed by atoms with E-state index >= 15 is 0 Å². The highest BCUT2D eigenvalue weighted by atomic mass is 14.8. The molecule has 4 nitrogen and oxygen atoms in total. The maximum Gasteiger partial charge on any atom is 0.206 e. The molecule has 1 rings (SSSR count). The first-order chi connectivity index (χ1) is 9.22. The molecule has 98 valence electrons. The van der Waals surface area contributed by atoms with Gasteiger partial charge in [-0.15, -0.1) is 0 Å². The lowest BCUT2D eigenvalue weighted by atomic mass is 9.93. The Balaban J connectivity index is 2.87. The van der Waals surface area contributed by atoms with E-state index in [0.29, 0.717) is 11.4 Å². The maximum absolute atomic E-state index is 8.72. The van der Waals surface area contributed by atoms with E-state index in [0.717, 1.165) is 24.0 Å². The largest absolute Gasteiger partial charge is 0.206 e. The van der Waals surface area contributed by atoms with Gasteiger partial charge in [0.25, 0.3) is 0 Å². The summed E-state index contributed by atoms with van der Waals surface area (Å²) in [5.41, 5.74) is 3.24. The third kappa shape index (κ3) is 4.52. The van der Waals surface area contributed by atoms with Crippen molar-refractivity contribution in [2.24, 2.45) is 9.98 Å². The maximum atomic E-state index is 8.72. The topological polar surface area (TPSA) is 72.3 Å². The Labute approximate surface area is 114 Å². The summed E-state index contributed by atoms with van der Waals surface area (Å²) in [5.74, 6) is 0. The lowest BCUT2D eigenvalue weighted by Gasteiger charge is -2.14. The van der Waals surface area contributed by atoms with Crippen LogP contribution in [0.1, 0.15) is 46.0 Å². The molecule has 0 bridgehead atoms. The highest BCUT2D eigenvalue weighted by molar-refractivity contribution is 6.23. The van der Waals surface area contributed by atoms with E-state index in [1.54, 1.807) is 0 Å². The zero-order valence-electron chi connectivity index (χ0n) is 11.5. The van der Waals surface area contributed by atoms with E-state index in [1.807, 2.05) is 31.5 Å². The van der Waals surface area contributed by atoms with Gasteiger partial charge >= 0.3 is 0 Å². The van der Waals surface area contributed by atoms with Crippen molar-refractivity contribution in [1.29, 1.82) is 10.5 Å². The molecule has 0 aromatic carbocycles. The van der Waals surface area contributed by atoms with Crippen molar-refractivity contribution >= 4 is 11.4 Å². The van der Waals surface area contributed by atoms with Crippen molar-refractivity contribution in [3.05, 3.63) is 23.3 Å². The van der Waals surface area contributed by atoms with Crippen LogP contribution < -0.4 is 0 Å². The molecule has 19 heavy (non-hydrogen) atoms. The van der Waals surface area contributed by atoms with Gasteiger partial charge in [0.05, 0.1) is 11.4 Å². The van der Waals surface area contributed by atoms with Crippen LogP contribution in [0.25, 0.3) is 0 Å². The summed E-state index contributed by atoms with van der Waals surface area (Å²) in [5, 5.41) is 17.4. The van der Waals surface area contributed by atoms with Crippen LogP contribution in [-0.2, 0) is 0 Å². The second-order valence-electron chi connectivity index (χ2n) is 4.50. The molecular formula is C15H18N4. The quantitative estimate of drug-likeness (QED) is 0.426. The third-order valence-electron chi connectivity index (χ3n) is 3.04. The molecule has 0 aromatic heterocycles. The first-order valence-corrected chi connectivity index (χ1v) is 6.56. The minimum atomic E-state index is 0.671. The molecule has 0 spiro atoms. The molecule has 0 radical (unpaired) electrons. The van der Waals surface area contributed by atoms with Crippen molar-refractivity contribution in [2.75, 3.05) is 0 Å². The van der Waals surface area contributed by atoms with E-state index in [4.69, 9.17) is 10.5 Å². The van der Waals surface area contributed by atoms with E-state index in [9.17, 15) is 0 Å². The van der Waals surface area contributed by atoms with Crippen LogP contribution in [0.4, 0.5) is 0 Å². The Kier molecular flexibility index (Phi) is 6.26. The van der Waals surface area contributed by atoms with Gasteiger partial charge in [0.1, 0.15) is 0 Å². The van der Waals surface area contributed by atoms with Crippen LogP contribution in [0.15, 0.2) is 33.3 Å². The van der Waals surface area contributed by atoms with Crippen LogP contribution in [0.5, 0.6) is 0 Å². The van der Waals surface area contributed by atoms with Crippen molar-refractivity contribution in [3.8, 4) is 12.4 Å². The molecular weight excluding hydrogens is 236 g/mol. The number of hydrogen-bond acceptors (Lipinski definition) is 4. The number of unbranched alkanes of at least 4 members (excludes halogenated alkanes) is 3. The van der Waals surface area contributed by atoms with Crippen molar-refractivity contribution in [1.82, 2.24) is 0 Å². The summed E-state index contributed by atoms with van der Waals surface area (Å²) in [6.07, 6.45) is 12.9. The van der Waals surface area contributed by atoms with Crippen molar-refractivity contribution in [3.63, 3.8) is 0 Å². The fourth-order valence-electron chi connectivity index (χ4n) is 2.00. The van der Waals surface area contributed by atoms with Gasteiger partial charge in [-0.2, -0.15) is 20.5 Å². The molecule has 0 saturated heterocycles. The van der Waals surface area contributed by atoms with Gasteiger partial charge in [-0.1, -0.05) is 26.2 Å². The van der Waals surface area contributed by atoms with E-state index in [-0.39, 0.29) is 0 Å². The molecule has 4 heteroatoms. The molecule has 0 aliphatic heterocycles. The zero-order valence-corrected chi connectivity index (χ0v) is 11.5. The average molecular weight is 254 g/mol. The van der Waals surface area contributed by atoms with Crippen molar-refractivity contribution in [2.45, 2.75) is 46.0 Å². The zero-order chi connectivity index (χ0) is 14.1. The third-order valence-corrected chi connectivity index (χ3v) is 3.04. The number of hydrogen-bond donors (Lipinski definition) is 0. The molecule has 0 N–H and O–H groups in total. The minimum Gasteiger partial charge on any atom is -0.173 e. The lowest BCUT2D eigenvalue weighted by molar-refractivity contribution is 0.670. The predicted molar refractivity (Wildman–Crippen MR) is 76.7 cm³/mol. The van der Waals surface area contributed by atoms with Crippen molar-refractivity contribution < 1.29 is 0 Å². The Morgan fingerprint density at radius 1 is 1.00 bits per heavy atom. The van der Waals surface area contributed by atoms with Gasteiger partial charge in [-0.25, -0.2) is 0 Å². The summed E-state index contributed by atoms with van der Waals surface area (Å²) < 4.78 is 0. The molecule has 1 aliphatic carbocycles. The number of nitrogens with zero attached hydrogens (tertiary/aromatic N) is 4. The number of nitriles is 2. The Morgan fingerprint density at radius 3 is 2.32 bits per heavy atom. The fourth-order valence-corrected chi connectivity index (χ4v) is 2.00. The van der Waals surface area contributed by atoms with Crippen LogP contribution in [0.3, 0.4) is 0 Å². The molecule has 0 amide bonds. The first-order valence-electron chi connectivity index (χ1n) is 6.56. The van der Waals surface area contributed by atoms with Gasteiger partial charge in [-0.05, 0) is 43.1 Å². The van der Waals surface area contributed by atoms with Crippen LogP contribution in [0, 0.1) is 22.9 Å². The summed E-state index contributed by atoms with van der Waals surface area (Å²) in [7, 11) is 0. The van der Waals surface area contributed by atoms with Crippen LogP contribution in [-0.4, -0.2) is 11.4 Å².